The molecule has 4 heteroatoms. The van der Waals surface area contributed by atoms with Gasteiger partial charge in [-0.2, -0.15) is 0 Å². The smallest absolute Gasteiger partial charge is 0.142 e. The van der Waals surface area contributed by atoms with E-state index in [-0.39, 0.29) is 11.9 Å². The molecule has 1 unspecified atom stereocenters. The molecule has 0 aliphatic carbocycles. The topological polar surface area (TPSA) is 25.2 Å². The highest BCUT2D eigenvalue weighted by Crippen LogP contribution is 2.28. The maximum absolute atomic E-state index is 14.1. The van der Waals surface area contributed by atoms with Gasteiger partial charge in [-0.05, 0) is 47.1 Å². The lowest BCUT2D eigenvalue weighted by molar-refractivity contribution is 0.435. The van der Waals surface area contributed by atoms with E-state index in [1.165, 1.54) is 0 Å². The number of nitrogens with one attached hydrogen (secondary N) is 1. The summed E-state index contributed by atoms with van der Waals surface area (Å²) in [5.74, 6) is 0.475. The van der Waals surface area contributed by atoms with E-state index in [9.17, 15) is 4.39 Å². The highest BCUT2D eigenvalue weighted by Gasteiger charge is 2.20. The lowest BCUT2D eigenvalue weighted by atomic mass is 10.0. The van der Waals surface area contributed by atoms with E-state index in [0.29, 0.717) is 10.0 Å². The van der Waals surface area contributed by atoms with Crippen LogP contribution in [0.5, 0.6) is 0 Å². The van der Waals surface area contributed by atoms with Crippen LogP contribution < -0.4 is 5.32 Å². The van der Waals surface area contributed by atoms with Crippen LogP contribution in [-0.4, -0.2) is 6.54 Å². The van der Waals surface area contributed by atoms with E-state index in [0.717, 1.165) is 18.7 Å². The van der Waals surface area contributed by atoms with Crippen molar-refractivity contribution >= 4 is 15.9 Å². The fourth-order valence-corrected chi connectivity index (χ4v) is 2.23. The van der Waals surface area contributed by atoms with Gasteiger partial charge in [0.15, 0.2) is 0 Å². The lowest BCUT2D eigenvalue weighted by Gasteiger charge is -2.17. The van der Waals surface area contributed by atoms with Gasteiger partial charge in [0.05, 0.1) is 16.8 Å². The zero-order chi connectivity index (χ0) is 13.0. The number of hydrogen-bond donors (Lipinski definition) is 1. The first-order valence-corrected chi connectivity index (χ1v) is 6.74. The monoisotopic (exact) mass is 311 g/mol. The van der Waals surface area contributed by atoms with Crippen molar-refractivity contribution in [2.75, 3.05) is 6.54 Å². The molecule has 1 aromatic carbocycles. The molecule has 0 fully saturated rings. The third-order valence-electron chi connectivity index (χ3n) is 2.72. The van der Waals surface area contributed by atoms with Gasteiger partial charge in [0.1, 0.15) is 11.6 Å². The number of rotatable bonds is 5. The summed E-state index contributed by atoms with van der Waals surface area (Å²) in [6, 6.07) is 8.71. The molecule has 0 amide bonds. The molecule has 2 aromatic rings. The fraction of sp³-hybridized carbons (Fsp3) is 0.286. The van der Waals surface area contributed by atoms with Gasteiger partial charge in [-0.15, -0.1) is 0 Å². The van der Waals surface area contributed by atoms with E-state index < -0.39 is 0 Å². The first kappa shape index (κ1) is 13.3. The van der Waals surface area contributed by atoms with Gasteiger partial charge in [-0.3, -0.25) is 0 Å². The highest BCUT2D eigenvalue weighted by molar-refractivity contribution is 9.10. The molecule has 1 N–H and O–H groups in total. The van der Waals surface area contributed by atoms with Crippen LogP contribution in [-0.2, 0) is 0 Å². The number of hydrogen-bond acceptors (Lipinski definition) is 2. The minimum atomic E-state index is -0.252. The van der Waals surface area contributed by atoms with Crippen molar-refractivity contribution in [3.63, 3.8) is 0 Å². The standard InChI is InChI=1S/C14H15BrFNO/c1-2-8-17-14(12-7-4-9-18-12)10-5-3-6-11(15)13(10)16/h3-7,9,14,17H,2,8H2,1H3. The van der Waals surface area contributed by atoms with Crippen LogP contribution in [0, 0.1) is 5.82 Å². The number of furan rings is 1. The van der Waals surface area contributed by atoms with E-state index in [1.54, 1.807) is 18.4 Å². The Morgan fingerprint density at radius 1 is 1.33 bits per heavy atom. The highest BCUT2D eigenvalue weighted by atomic mass is 79.9. The predicted molar refractivity (Wildman–Crippen MR) is 72.9 cm³/mol. The van der Waals surface area contributed by atoms with Gasteiger partial charge < -0.3 is 9.73 Å². The average molecular weight is 312 g/mol. The molecule has 0 saturated carbocycles. The quantitative estimate of drug-likeness (QED) is 0.892. The first-order valence-electron chi connectivity index (χ1n) is 5.94. The maximum atomic E-state index is 14.1. The van der Waals surface area contributed by atoms with Crippen LogP contribution in [0.2, 0.25) is 0 Å². The van der Waals surface area contributed by atoms with E-state index in [1.807, 2.05) is 18.2 Å². The largest absolute Gasteiger partial charge is 0.467 e. The molecule has 0 spiro atoms. The molecule has 0 aliphatic heterocycles. The summed E-state index contributed by atoms with van der Waals surface area (Å²) in [6.45, 7) is 2.88. The van der Waals surface area contributed by atoms with Gasteiger partial charge in [0.25, 0.3) is 0 Å². The van der Waals surface area contributed by atoms with Crippen LogP contribution in [0.15, 0.2) is 45.5 Å². The lowest BCUT2D eigenvalue weighted by Crippen LogP contribution is -2.23. The normalized spacial score (nSPS) is 12.6. The third kappa shape index (κ3) is 2.82. The maximum Gasteiger partial charge on any atom is 0.142 e. The Bertz CT molecular complexity index is 499. The van der Waals surface area contributed by atoms with Crippen LogP contribution in [0.3, 0.4) is 0 Å². The van der Waals surface area contributed by atoms with Crippen LogP contribution >= 0.6 is 15.9 Å². The molecule has 96 valence electrons. The Kier molecular flexibility index (Phi) is 4.55. The predicted octanol–water partition coefficient (Wildman–Crippen LogP) is 4.27. The Balaban J connectivity index is 2.37. The van der Waals surface area contributed by atoms with Crippen LogP contribution in [0.25, 0.3) is 0 Å². The van der Waals surface area contributed by atoms with Crippen molar-refractivity contribution in [2.24, 2.45) is 0 Å². The molecule has 1 atom stereocenters. The summed E-state index contributed by atoms with van der Waals surface area (Å²) in [4.78, 5) is 0. The van der Waals surface area contributed by atoms with Crippen molar-refractivity contribution in [3.05, 3.63) is 58.2 Å². The molecule has 2 rings (SSSR count). The fourth-order valence-electron chi connectivity index (χ4n) is 1.85. The Hall–Kier alpha value is -1.13. The summed E-state index contributed by atoms with van der Waals surface area (Å²) in [7, 11) is 0. The Morgan fingerprint density at radius 3 is 2.83 bits per heavy atom. The summed E-state index contributed by atoms with van der Waals surface area (Å²) in [6.07, 6.45) is 2.58. The summed E-state index contributed by atoms with van der Waals surface area (Å²) in [5.41, 5.74) is 0.591. The third-order valence-corrected chi connectivity index (χ3v) is 3.33. The minimum absolute atomic E-state index is 0.248. The Labute approximate surface area is 114 Å². The second kappa shape index (κ2) is 6.16. The summed E-state index contributed by atoms with van der Waals surface area (Å²) < 4.78 is 20.0. The molecule has 0 aliphatic rings. The van der Waals surface area contributed by atoms with Gasteiger partial charge in [-0.25, -0.2) is 4.39 Å². The summed E-state index contributed by atoms with van der Waals surface area (Å²) in [5, 5.41) is 3.30. The van der Waals surface area contributed by atoms with Crippen molar-refractivity contribution in [1.29, 1.82) is 0 Å². The van der Waals surface area contributed by atoms with Crippen molar-refractivity contribution in [3.8, 4) is 0 Å². The van der Waals surface area contributed by atoms with E-state index >= 15 is 0 Å². The Morgan fingerprint density at radius 2 is 2.17 bits per heavy atom. The first-order chi connectivity index (χ1) is 8.74. The van der Waals surface area contributed by atoms with Gasteiger partial charge in [0.2, 0.25) is 0 Å². The van der Waals surface area contributed by atoms with Crippen molar-refractivity contribution in [2.45, 2.75) is 19.4 Å². The average Bonchev–Trinajstić information content (AvgIpc) is 2.88. The molecule has 18 heavy (non-hydrogen) atoms. The second-order valence-corrected chi connectivity index (χ2v) is 4.90. The second-order valence-electron chi connectivity index (χ2n) is 4.05. The van der Waals surface area contributed by atoms with Gasteiger partial charge in [0, 0.05) is 5.56 Å². The molecule has 2 nitrogen and oxygen atoms in total. The zero-order valence-electron chi connectivity index (χ0n) is 10.1. The molecule has 0 radical (unpaired) electrons. The van der Waals surface area contributed by atoms with Crippen molar-refractivity contribution in [1.82, 2.24) is 5.32 Å². The zero-order valence-corrected chi connectivity index (χ0v) is 11.7. The van der Waals surface area contributed by atoms with E-state index in [4.69, 9.17) is 4.42 Å². The minimum Gasteiger partial charge on any atom is -0.467 e. The molecular formula is C14H15BrFNO. The molecule has 0 saturated heterocycles. The molecule has 0 bridgehead atoms. The number of halogens is 2. The van der Waals surface area contributed by atoms with E-state index in [2.05, 4.69) is 28.2 Å². The van der Waals surface area contributed by atoms with Gasteiger partial charge in [-0.1, -0.05) is 19.1 Å². The van der Waals surface area contributed by atoms with Gasteiger partial charge >= 0.3 is 0 Å². The SMILES string of the molecule is CCCNC(c1ccco1)c1cccc(Br)c1F. The molecular weight excluding hydrogens is 297 g/mol. The van der Waals surface area contributed by atoms with Crippen LogP contribution in [0.1, 0.15) is 30.7 Å². The van der Waals surface area contributed by atoms with Crippen molar-refractivity contribution < 1.29 is 8.81 Å². The van der Waals surface area contributed by atoms with Crippen LogP contribution in [0.4, 0.5) is 4.39 Å². The number of benzene rings is 1. The molecule has 1 heterocycles. The summed E-state index contributed by atoms with van der Waals surface area (Å²) >= 11 is 3.21. The molecule has 1 aromatic heterocycles.